The van der Waals surface area contributed by atoms with Crippen molar-refractivity contribution in [2.75, 3.05) is 13.2 Å². The summed E-state index contributed by atoms with van der Waals surface area (Å²) in [6.45, 7) is 8.56. The van der Waals surface area contributed by atoms with Gasteiger partial charge in [-0.1, -0.05) is 43.4 Å². The molecule has 0 bridgehead atoms. The summed E-state index contributed by atoms with van der Waals surface area (Å²) in [4.78, 5) is 28.5. The molecule has 0 amide bonds. The van der Waals surface area contributed by atoms with E-state index in [1.54, 1.807) is 12.4 Å². The maximum Gasteiger partial charge on any atom is 0.439 e. The van der Waals surface area contributed by atoms with Gasteiger partial charge in [-0.3, -0.25) is 14.5 Å². The molecule has 5 rings (SSSR count). The van der Waals surface area contributed by atoms with Gasteiger partial charge in [0.15, 0.2) is 0 Å². The number of hydrogen-bond acceptors (Lipinski definition) is 7. The molecule has 1 aliphatic rings. The van der Waals surface area contributed by atoms with E-state index in [1.807, 2.05) is 19.1 Å². The first-order valence-electron chi connectivity index (χ1n) is 12.6. The minimum absolute atomic E-state index is 0.0838. The first-order chi connectivity index (χ1) is 17.4. The summed E-state index contributed by atoms with van der Waals surface area (Å²) in [5, 5.41) is 4.36. The highest BCUT2D eigenvalue weighted by atomic mass is 35.5. The topological polar surface area (TPSA) is 112 Å². The van der Waals surface area contributed by atoms with Crippen molar-refractivity contribution >= 4 is 22.6 Å². The van der Waals surface area contributed by atoms with Gasteiger partial charge in [-0.05, 0) is 43.7 Å². The molecule has 0 aromatic carbocycles. The van der Waals surface area contributed by atoms with Gasteiger partial charge in [0.1, 0.15) is 11.5 Å². The van der Waals surface area contributed by atoms with E-state index in [-0.39, 0.29) is 11.7 Å². The molecule has 10 heteroatoms. The lowest BCUT2D eigenvalue weighted by atomic mass is 9.83. The zero-order valence-electron chi connectivity index (χ0n) is 20.8. The second-order valence-corrected chi connectivity index (χ2v) is 10.3. The van der Waals surface area contributed by atoms with Gasteiger partial charge in [0, 0.05) is 37.0 Å². The molecule has 1 unspecified atom stereocenters. The predicted octanol–water partition coefficient (Wildman–Crippen LogP) is 5.46. The Labute approximate surface area is 214 Å². The van der Waals surface area contributed by atoms with Crippen LogP contribution in [0, 0.1) is 11.8 Å². The average Bonchev–Trinajstić information content (AvgIpc) is 3.47. The molecule has 1 fully saturated rings. The van der Waals surface area contributed by atoms with Crippen molar-refractivity contribution in [3.8, 4) is 22.8 Å². The molecule has 36 heavy (non-hydrogen) atoms. The summed E-state index contributed by atoms with van der Waals surface area (Å²) in [5.74, 6) is 1.99. The molecule has 0 saturated heterocycles. The Kier molecular flexibility index (Phi) is 7.20. The fourth-order valence-corrected chi connectivity index (χ4v) is 5.25. The molecule has 1 atom stereocenters. The van der Waals surface area contributed by atoms with Crippen molar-refractivity contribution in [2.24, 2.45) is 11.8 Å². The number of aromatic nitrogens is 6. The molecular formula is C26H31ClN6O3. The molecule has 190 valence electrons. The maximum absolute atomic E-state index is 11.6. The Morgan fingerprint density at radius 2 is 2.03 bits per heavy atom. The third-order valence-electron chi connectivity index (χ3n) is 7.00. The third-order valence-corrected chi connectivity index (χ3v) is 7.21. The number of halogens is 1. The SMILES string of the molecule is CCOCC(C)c1nc2cc(-c3noc(=O)[nH]3)nc(-c3cncc(Cl)c3)c2n1CC1CCC(C)CC1. The van der Waals surface area contributed by atoms with E-state index in [0.717, 1.165) is 34.9 Å². The lowest BCUT2D eigenvalue weighted by Crippen LogP contribution is -2.20. The van der Waals surface area contributed by atoms with Crippen LogP contribution in [0.1, 0.15) is 58.2 Å². The summed E-state index contributed by atoms with van der Waals surface area (Å²) >= 11 is 6.32. The van der Waals surface area contributed by atoms with Gasteiger partial charge in [-0.25, -0.2) is 14.8 Å². The molecule has 1 aliphatic carbocycles. The van der Waals surface area contributed by atoms with Crippen LogP contribution in [0.25, 0.3) is 33.8 Å². The van der Waals surface area contributed by atoms with E-state index in [2.05, 4.69) is 33.5 Å². The monoisotopic (exact) mass is 510 g/mol. The van der Waals surface area contributed by atoms with Gasteiger partial charge < -0.3 is 9.30 Å². The summed E-state index contributed by atoms with van der Waals surface area (Å²) in [5.41, 5.74) is 3.60. The van der Waals surface area contributed by atoms with Crippen molar-refractivity contribution in [3.05, 3.63) is 45.9 Å². The van der Waals surface area contributed by atoms with Crippen molar-refractivity contribution < 1.29 is 9.26 Å². The Hall–Kier alpha value is -3.04. The maximum atomic E-state index is 11.6. The molecule has 0 aliphatic heterocycles. The van der Waals surface area contributed by atoms with Gasteiger partial charge in [0.2, 0.25) is 5.82 Å². The standard InChI is InChI=1S/C26H31ClN6O3/c1-4-35-14-16(3)25-30-20-10-21(24-31-26(34)36-32-24)29-22(18-9-19(27)12-28-11-18)23(20)33(25)13-17-7-5-15(2)6-8-17/h9-12,15-17H,4-8,13-14H2,1-3H3,(H,31,32,34). The Balaban J connectivity index is 1.71. The van der Waals surface area contributed by atoms with Gasteiger partial charge >= 0.3 is 5.76 Å². The van der Waals surface area contributed by atoms with Crippen LogP contribution < -0.4 is 5.76 Å². The quantitative estimate of drug-likeness (QED) is 0.335. The molecule has 4 aromatic rings. The summed E-state index contributed by atoms with van der Waals surface area (Å²) < 4.78 is 12.8. The highest BCUT2D eigenvalue weighted by Gasteiger charge is 2.26. The molecular weight excluding hydrogens is 480 g/mol. The van der Waals surface area contributed by atoms with Crippen LogP contribution in [-0.4, -0.2) is 42.9 Å². The van der Waals surface area contributed by atoms with Crippen molar-refractivity contribution in [1.29, 1.82) is 0 Å². The van der Waals surface area contributed by atoms with E-state index in [4.69, 9.17) is 30.8 Å². The Morgan fingerprint density at radius 1 is 1.22 bits per heavy atom. The normalized spacial score (nSPS) is 19.1. The van der Waals surface area contributed by atoms with Gasteiger partial charge in [-0.15, -0.1) is 0 Å². The first kappa shape index (κ1) is 24.6. The van der Waals surface area contributed by atoms with Crippen LogP contribution in [0.4, 0.5) is 0 Å². The zero-order chi connectivity index (χ0) is 25.2. The van der Waals surface area contributed by atoms with Crippen LogP contribution in [0.3, 0.4) is 0 Å². The fourth-order valence-electron chi connectivity index (χ4n) is 5.08. The number of nitrogens with zero attached hydrogens (tertiary/aromatic N) is 5. The fraction of sp³-hybridized carbons (Fsp3) is 0.500. The van der Waals surface area contributed by atoms with Crippen LogP contribution >= 0.6 is 11.6 Å². The number of ether oxygens (including phenoxy) is 1. The number of nitrogens with one attached hydrogen (secondary N) is 1. The smallest absolute Gasteiger partial charge is 0.381 e. The van der Waals surface area contributed by atoms with Crippen LogP contribution in [-0.2, 0) is 11.3 Å². The van der Waals surface area contributed by atoms with E-state index in [1.165, 1.54) is 25.7 Å². The Bertz CT molecular complexity index is 1400. The van der Waals surface area contributed by atoms with Crippen LogP contribution in [0.5, 0.6) is 0 Å². The molecule has 4 heterocycles. The summed E-state index contributed by atoms with van der Waals surface area (Å²) in [7, 11) is 0. The van der Waals surface area contributed by atoms with E-state index in [0.29, 0.717) is 35.5 Å². The summed E-state index contributed by atoms with van der Waals surface area (Å²) in [6.07, 6.45) is 8.21. The highest BCUT2D eigenvalue weighted by Crippen LogP contribution is 2.36. The average molecular weight is 511 g/mol. The number of hydrogen-bond donors (Lipinski definition) is 1. The minimum Gasteiger partial charge on any atom is -0.381 e. The summed E-state index contributed by atoms with van der Waals surface area (Å²) in [6, 6.07) is 3.69. The van der Waals surface area contributed by atoms with Crippen molar-refractivity contribution in [2.45, 2.75) is 58.9 Å². The largest absolute Gasteiger partial charge is 0.439 e. The van der Waals surface area contributed by atoms with Crippen molar-refractivity contribution in [1.82, 2.24) is 29.7 Å². The minimum atomic E-state index is -0.638. The van der Waals surface area contributed by atoms with E-state index < -0.39 is 5.76 Å². The predicted molar refractivity (Wildman–Crippen MR) is 138 cm³/mol. The molecule has 0 spiro atoms. The van der Waals surface area contributed by atoms with Crippen LogP contribution in [0.15, 0.2) is 33.8 Å². The van der Waals surface area contributed by atoms with Gasteiger partial charge in [0.05, 0.1) is 28.4 Å². The number of H-pyrrole nitrogens is 1. The van der Waals surface area contributed by atoms with E-state index >= 15 is 0 Å². The lowest BCUT2D eigenvalue weighted by Gasteiger charge is -2.28. The number of fused-ring (bicyclic) bond motifs is 1. The van der Waals surface area contributed by atoms with E-state index in [9.17, 15) is 4.79 Å². The third kappa shape index (κ3) is 5.08. The Morgan fingerprint density at radius 3 is 2.72 bits per heavy atom. The molecule has 1 saturated carbocycles. The molecule has 4 aromatic heterocycles. The number of imidazole rings is 1. The zero-order valence-corrected chi connectivity index (χ0v) is 21.6. The molecule has 9 nitrogen and oxygen atoms in total. The molecule has 0 radical (unpaired) electrons. The van der Waals surface area contributed by atoms with Gasteiger partial charge in [0.25, 0.3) is 0 Å². The van der Waals surface area contributed by atoms with Crippen molar-refractivity contribution in [3.63, 3.8) is 0 Å². The highest BCUT2D eigenvalue weighted by molar-refractivity contribution is 6.30. The van der Waals surface area contributed by atoms with Gasteiger partial charge in [-0.2, -0.15) is 0 Å². The number of aromatic amines is 1. The first-order valence-corrected chi connectivity index (χ1v) is 13.0. The molecule has 1 N–H and O–H groups in total. The second-order valence-electron chi connectivity index (χ2n) is 9.83. The number of pyridine rings is 2. The lowest BCUT2D eigenvalue weighted by molar-refractivity contribution is 0.133. The number of rotatable bonds is 8. The second kappa shape index (κ2) is 10.5. The van der Waals surface area contributed by atoms with Crippen LogP contribution in [0.2, 0.25) is 5.02 Å².